The number of aromatic nitrogens is 2. The number of nitrogens with zero attached hydrogens (tertiary/aromatic N) is 3. The predicted molar refractivity (Wildman–Crippen MR) is 148 cm³/mol. The van der Waals surface area contributed by atoms with Crippen LogP contribution in [0.5, 0.6) is 23.0 Å². The van der Waals surface area contributed by atoms with Gasteiger partial charge in [-0.3, -0.25) is 4.79 Å². The average molecular weight is 516 g/mol. The Hall–Kier alpha value is -4.33. The van der Waals surface area contributed by atoms with Crippen LogP contribution in [0.1, 0.15) is 30.1 Å². The Bertz CT molecular complexity index is 1450. The van der Waals surface area contributed by atoms with Crippen molar-refractivity contribution < 1.29 is 23.7 Å². The zero-order chi connectivity index (χ0) is 27.2. The molecule has 0 N–H and O–H groups in total. The van der Waals surface area contributed by atoms with Crippen molar-refractivity contribution in [2.24, 2.45) is 0 Å². The summed E-state index contributed by atoms with van der Waals surface area (Å²) in [4.78, 5) is 24.8. The maximum Gasteiger partial charge on any atom is 0.253 e. The Morgan fingerprint density at radius 1 is 0.711 bits per heavy atom. The SMILES string of the molecule is CCCCN(C)C(=O)c1ccc2nc(-c3ccc(OC)c(OC)c3)c(-c3ccc(OC)c(OC)c3)nc2c1. The number of rotatable bonds is 10. The molecule has 0 radical (unpaired) electrons. The van der Waals surface area contributed by atoms with E-state index in [2.05, 4.69) is 6.92 Å². The standard InChI is InChI=1S/C30H33N3O5/c1-7-8-15-33(2)30(34)21-9-12-22-23(16-21)32-29(20-11-14-25(36-4)27(18-20)38-6)28(31-22)19-10-13-24(35-3)26(17-19)37-5/h9-14,16-18H,7-8,15H2,1-6H3. The first-order valence-electron chi connectivity index (χ1n) is 12.5. The van der Waals surface area contributed by atoms with Gasteiger partial charge in [0.1, 0.15) is 0 Å². The van der Waals surface area contributed by atoms with E-state index in [9.17, 15) is 4.79 Å². The van der Waals surface area contributed by atoms with E-state index in [0.717, 1.165) is 24.0 Å². The van der Waals surface area contributed by atoms with Crippen LogP contribution < -0.4 is 18.9 Å². The van der Waals surface area contributed by atoms with Crippen LogP contribution in [0.15, 0.2) is 54.6 Å². The molecule has 0 bridgehead atoms. The molecule has 1 aromatic heterocycles. The Balaban J connectivity index is 1.91. The molecule has 0 aliphatic carbocycles. The number of carbonyl (C=O) groups is 1. The van der Waals surface area contributed by atoms with Gasteiger partial charge in [-0.1, -0.05) is 13.3 Å². The highest BCUT2D eigenvalue weighted by atomic mass is 16.5. The summed E-state index contributed by atoms with van der Waals surface area (Å²) in [6.07, 6.45) is 1.97. The summed E-state index contributed by atoms with van der Waals surface area (Å²) in [6, 6.07) is 16.7. The van der Waals surface area contributed by atoms with Gasteiger partial charge in [-0.05, 0) is 61.0 Å². The van der Waals surface area contributed by atoms with Gasteiger partial charge in [0.05, 0.1) is 50.9 Å². The predicted octanol–water partition coefficient (Wildman–Crippen LogP) is 5.87. The third-order valence-corrected chi connectivity index (χ3v) is 6.42. The zero-order valence-corrected chi connectivity index (χ0v) is 22.7. The normalized spacial score (nSPS) is 10.8. The summed E-state index contributed by atoms with van der Waals surface area (Å²) in [7, 11) is 8.21. The highest BCUT2D eigenvalue weighted by Gasteiger charge is 2.19. The van der Waals surface area contributed by atoms with Gasteiger partial charge in [0, 0.05) is 30.3 Å². The zero-order valence-electron chi connectivity index (χ0n) is 22.7. The molecule has 38 heavy (non-hydrogen) atoms. The first kappa shape index (κ1) is 26.7. The summed E-state index contributed by atoms with van der Waals surface area (Å²) < 4.78 is 21.9. The van der Waals surface area contributed by atoms with Gasteiger partial charge in [0.25, 0.3) is 5.91 Å². The number of amides is 1. The third kappa shape index (κ3) is 5.34. The molecule has 0 saturated carbocycles. The Kier molecular flexibility index (Phi) is 8.31. The van der Waals surface area contributed by atoms with E-state index in [-0.39, 0.29) is 5.91 Å². The second kappa shape index (κ2) is 11.8. The summed E-state index contributed by atoms with van der Waals surface area (Å²) >= 11 is 0. The first-order chi connectivity index (χ1) is 18.4. The van der Waals surface area contributed by atoms with Gasteiger partial charge in [0.15, 0.2) is 23.0 Å². The van der Waals surface area contributed by atoms with Gasteiger partial charge in [0.2, 0.25) is 0 Å². The highest BCUT2D eigenvalue weighted by Crippen LogP contribution is 2.39. The fraction of sp³-hybridized carbons (Fsp3) is 0.300. The largest absolute Gasteiger partial charge is 0.493 e. The molecule has 3 aromatic carbocycles. The van der Waals surface area contributed by atoms with Gasteiger partial charge >= 0.3 is 0 Å². The van der Waals surface area contributed by atoms with E-state index < -0.39 is 0 Å². The second-order valence-corrected chi connectivity index (χ2v) is 8.84. The molecule has 4 rings (SSSR count). The number of hydrogen-bond donors (Lipinski definition) is 0. The van der Waals surface area contributed by atoms with E-state index >= 15 is 0 Å². The molecule has 1 amide bonds. The molecule has 8 heteroatoms. The third-order valence-electron chi connectivity index (χ3n) is 6.42. The minimum Gasteiger partial charge on any atom is -0.493 e. The molecular weight excluding hydrogens is 482 g/mol. The number of carbonyl (C=O) groups excluding carboxylic acids is 1. The van der Waals surface area contributed by atoms with E-state index in [0.29, 0.717) is 57.5 Å². The molecular formula is C30H33N3O5. The van der Waals surface area contributed by atoms with Crippen molar-refractivity contribution in [1.29, 1.82) is 0 Å². The van der Waals surface area contributed by atoms with Crippen LogP contribution in [-0.2, 0) is 0 Å². The van der Waals surface area contributed by atoms with Crippen LogP contribution in [0.4, 0.5) is 0 Å². The molecule has 0 fully saturated rings. The number of methoxy groups -OCH3 is 4. The number of fused-ring (bicyclic) bond motifs is 1. The molecule has 8 nitrogen and oxygen atoms in total. The fourth-order valence-electron chi connectivity index (χ4n) is 4.27. The average Bonchev–Trinajstić information content (AvgIpc) is 2.97. The number of unbranched alkanes of at least 4 members (excludes halogenated alkanes) is 1. The van der Waals surface area contributed by atoms with E-state index in [4.69, 9.17) is 28.9 Å². The molecule has 0 aliphatic heterocycles. The Labute approximate surface area is 223 Å². The van der Waals surface area contributed by atoms with Crippen LogP contribution in [0.25, 0.3) is 33.5 Å². The molecule has 0 spiro atoms. The lowest BCUT2D eigenvalue weighted by atomic mass is 10.0. The van der Waals surface area contributed by atoms with Crippen molar-refractivity contribution in [3.8, 4) is 45.5 Å². The quantitative estimate of drug-likeness (QED) is 0.261. The Morgan fingerprint density at radius 3 is 1.74 bits per heavy atom. The van der Waals surface area contributed by atoms with Crippen molar-refractivity contribution in [2.45, 2.75) is 19.8 Å². The first-order valence-corrected chi connectivity index (χ1v) is 12.5. The number of benzene rings is 3. The van der Waals surface area contributed by atoms with Gasteiger partial charge in [-0.15, -0.1) is 0 Å². The summed E-state index contributed by atoms with van der Waals surface area (Å²) in [5, 5.41) is 0. The van der Waals surface area contributed by atoms with E-state index in [1.165, 1.54) is 0 Å². The minimum absolute atomic E-state index is 0.0428. The molecule has 4 aromatic rings. The van der Waals surface area contributed by atoms with Crippen molar-refractivity contribution in [3.63, 3.8) is 0 Å². The maximum absolute atomic E-state index is 13.0. The lowest BCUT2D eigenvalue weighted by molar-refractivity contribution is 0.0793. The van der Waals surface area contributed by atoms with Crippen molar-refractivity contribution >= 4 is 16.9 Å². The van der Waals surface area contributed by atoms with Crippen molar-refractivity contribution in [3.05, 3.63) is 60.2 Å². The lowest BCUT2D eigenvalue weighted by Crippen LogP contribution is -2.27. The summed E-state index contributed by atoms with van der Waals surface area (Å²) in [5.41, 5.74) is 4.75. The smallest absolute Gasteiger partial charge is 0.253 e. The van der Waals surface area contributed by atoms with Gasteiger partial charge in [-0.25, -0.2) is 9.97 Å². The lowest BCUT2D eigenvalue weighted by Gasteiger charge is -2.17. The van der Waals surface area contributed by atoms with Gasteiger partial charge < -0.3 is 23.8 Å². The Morgan fingerprint density at radius 2 is 1.24 bits per heavy atom. The number of hydrogen-bond acceptors (Lipinski definition) is 7. The molecule has 198 valence electrons. The fourth-order valence-corrected chi connectivity index (χ4v) is 4.27. The highest BCUT2D eigenvalue weighted by molar-refractivity contribution is 5.98. The number of ether oxygens (including phenoxy) is 4. The molecule has 0 unspecified atom stereocenters. The molecule has 1 heterocycles. The molecule has 0 aliphatic rings. The molecule has 0 saturated heterocycles. The van der Waals surface area contributed by atoms with Crippen molar-refractivity contribution in [1.82, 2.24) is 14.9 Å². The van der Waals surface area contributed by atoms with E-state index in [1.807, 2.05) is 49.5 Å². The maximum atomic E-state index is 13.0. The summed E-state index contributed by atoms with van der Waals surface area (Å²) in [6.45, 7) is 2.81. The van der Waals surface area contributed by atoms with E-state index in [1.54, 1.807) is 45.5 Å². The summed E-state index contributed by atoms with van der Waals surface area (Å²) in [5.74, 6) is 2.35. The van der Waals surface area contributed by atoms with Crippen LogP contribution >= 0.6 is 0 Å². The topological polar surface area (TPSA) is 83.0 Å². The van der Waals surface area contributed by atoms with Gasteiger partial charge in [-0.2, -0.15) is 0 Å². The minimum atomic E-state index is -0.0428. The van der Waals surface area contributed by atoms with Crippen LogP contribution in [-0.4, -0.2) is 62.8 Å². The second-order valence-electron chi connectivity index (χ2n) is 8.84. The molecule has 0 atom stereocenters. The van der Waals surface area contributed by atoms with Crippen LogP contribution in [0.3, 0.4) is 0 Å². The van der Waals surface area contributed by atoms with Crippen LogP contribution in [0.2, 0.25) is 0 Å². The van der Waals surface area contributed by atoms with Crippen LogP contribution in [0, 0.1) is 0 Å². The monoisotopic (exact) mass is 515 g/mol. The van der Waals surface area contributed by atoms with Crippen molar-refractivity contribution in [2.75, 3.05) is 42.0 Å².